The predicted octanol–water partition coefficient (Wildman–Crippen LogP) is 3.47. The maximum absolute atomic E-state index is 12.1. The lowest BCUT2D eigenvalue weighted by molar-refractivity contribution is -0.274. The van der Waals surface area contributed by atoms with Crippen LogP contribution < -0.4 is 24.8 Å². The number of carbonyl (C=O) groups is 1. The van der Waals surface area contributed by atoms with Crippen molar-refractivity contribution in [3.63, 3.8) is 0 Å². The maximum Gasteiger partial charge on any atom is 0.573 e. The fourth-order valence-corrected chi connectivity index (χ4v) is 2.06. The van der Waals surface area contributed by atoms with Crippen molar-refractivity contribution in [3.05, 3.63) is 54.1 Å². The minimum absolute atomic E-state index is 0.164. The highest BCUT2D eigenvalue weighted by Crippen LogP contribution is 2.22. The van der Waals surface area contributed by atoms with Crippen molar-refractivity contribution in [2.24, 2.45) is 0 Å². The van der Waals surface area contributed by atoms with Gasteiger partial charge in [-0.2, -0.15) is 0 Å². The van der Waals surface area contributed by atoms with Crippen molar-refractivity contribution >= 4 is 6.03 Å². The normalized spacial score (nSPS) is 10.8. The molecule has 2 aromatic rings. The molecule has 6 nitrogen and oxygen atoms in total. The second kappa shape index (κ2) is 9.56. The Bertz CT molecular complexity index is 719. The number of ether oxygens (including phenoxy) is 3. The van der Waals surface area contributed by atoms with E-state index in [1.54, 1.807) is 31.4 Å². The molecule has 0 aromatic heterocycles. The van der Waals surface area contributed by atoms with E-state index in [2.05, 4.69) is 15.4 Å². The van der Waals surface area contributed by atoms with Crippen LogP contribution in [0.1, 0.15) is 5.56 Å². The summed E-state index contributed by atoms with van der Waals surface area (Å²) in [6, 6.07) is 11.9. The van der Waals surface area contributed by atoms with Crippen molar-refractivity contribution in [2.45, 2.75) is 12.9 Å². The van der Waals surface area contributed by atoms with E-state index < -0.39 is 12.4 Å². The van der Waals surface area contributed by atoms with Crippen LogP contribution >= 0.6 is 0 Å². The minimum Gasteiger partial charge on any atom is -0.497 e. The monoisotopic (exact) mass is 384 g/mol. The molecule has 0 radical (unpaired) electrons. The number of alkyl halides is 3. The summed E-state index contributed by atoms with van der Waals surface area (Å²) in [5.41, 5.74) is 0.633. The highest BCUT2D eigenvalue weighted by atomic mass is 19.4. The van der Waals surface area contributed by atoms with Crippen LogP contribution in [0.15, 0.2) is 48.5 Å². The Morgan fingerprint density at radius 1 is 0.926 bits per heavy atom. The summed E-state index contributed by atoms with van der Waals surface area (Å²) in [7, 11) is 1.57. The number of rotatable bonds is 8. The molecular weight excluding hydrogens is 365 g/mol. The fraction of sp³-hybridized carbons (Fsp3) is 0.278. The first-order valence-corrected chi connectivity index (χ1v) is 7.99. The molecule has 0 saturated carbocycles. The number of benzene rings is 2. The maximum atomic E-state index is 12.1. The van der Waals surface area contributed by atoms with Gasteiger partial charge in [0.15, 0.2) is 0 Å². The molecule has 0 aliphatic heterocycles. The molecule has 2 N–H and O–H groups in total. The Morgan fingerprint density at radius 3 is 2.11 bits per heavy atom. The van der Waals surface area contributed by atoms with Gasteiger partial charge in [0.05, 0.1) is 13.7 Å². The largest absolute Gasteiger partial charge is 0.573 e. The third-order valence-corrected chi connectivity index (χ3v) is 3.33. The lowest BCUT2D eigenvalue weighted by Gasteiger charge is -2.11. The van der Waals surface area contributed by atoms with E-state index in [1.807, 2.05) is 0 Å². The summed E-state index contributed by atoms with van der Waals surface area (Å²) < 4.78 is 50.5. The summed E-state index contributed by atoms with van der Waals surface area (Å²) in [5.74, 6) is 1.06. The lowest BCUT2D eigenvalue weighted by Crippen LogP contribution is -2.37. The highest BCUT2D eigenvalue weighted by molar-refractivity contribution is 5.73. The molecule has 27 heavy (non-hydrogen) atoms. The van der Waals surface area contributed by atoms with Gasteiger partial charge in [-0.05, 0) is 42.0 Å². The molecule has 2 rings (SSSR count). The Kier molecular flexibility index (Phi) is 7.16. The molecule has 9 heteroatoms. The van der Waals surface area contributed by atoms with Gasteiger partial charge in [-0.1, -0.05) is 12.1 Å². The van der Waals surface area contributed by atoms with Gasteiger partial charge in [0.1, 0.15) is 23.9 Å². The van der Waals surface area contributed by atoms with Gasteiger partial charge in [-0.15, -0.1) is 13.2 Å². The highest BCUT2D eigenvalue weighted by Gasteiger charge is 2.30. The zero-order valence-corrected chi connectivity index (χ0v) is 14.5. The molecule has 0 unspecified atom stereocenters. The van der Waals surface area contributed by atoms with E-state index in [4.69, 9.17) is 9.47 Å². The molecule has 0 spiro atoms. The average molecular weight is 384 g/mol. The van der Waals surface area contributed by atoms with Crippen LogP contribution in [0, 0.1) is 0 Å². The van der Waals surface area contributed by atoms with Crippen molar-refractivity contribution in [1.29, 1.82) is 0 Å². The number of hydrogen-bond acceptors (Lipinski definition) is 4. The molecule has 2 amide bonds. The molecule has 0 atom stereocenters. The first kappa shape index (κ1) is 20.2. The van der Waals surface area contributed by atoms with Crippen LogP contribution in [0.2, 0.25) is 0 Å². The van der Waals surface area contributed by atoms with E-state index in [9.17, 15) is 18.0 Å². The average Bonchev–Trinajstić information content (AvgIpc) is 2.64. The standard InChI is InChI=1S/C18H19F3N2O4/c1-25-14-6-8-15(9-7-14)26-11-10-22-17(24)23-12-13-2-4-16(5-3-13)27-18(19,20)21/h2-9H,10-12H2,1H3,(H2,22,23,24). The molecule has 146 valence electrons. The van der Waals surface area contributed by atoms with Gasteiger partial charge in [0.2, 0.25) is 0 Å². The zero-order chi connectivity index (χ0) is 19.7. The number of amides is 2. The van der Waals surface area contributed by atoms with Gasteiger partial charge in [-0.25, -0.2) is 4.79 Å². The zero-order valence-electron chi connectivity index (χ0n) is 14.5. The van der Waals surface area contributed by atoms with Crippen LogP contribution in [-0.4, -0.2) is 32.7 Å². The molecule has 2 aromatic carbocycles. The number of urea groups is 1. The lowest BCUT2D eigenvalue weighted by atomic mass is 10.2. The molecule has 0 aliphatic carbocycles. The summed E-state index contributed by atoms with van der Waals surface area (Å²) >= 11 is 0. The van der Waals surface area contributed by atoms with E-state index in [0.29, 0.717) is 11.3 Å². The van der Waals surface area contributed by atoms with Gasteiger partial charge >= 0.3 is 12.4 Å². The van der Waals surface area contributed by atoms with Crippen molar-refractivity contribution in [2.75, 3.05) is 20.3 Å². The number of methoxy groups -OCH3 is 1. The Hall–Kier alpha value is -3.10. The molecule has 0 fully saturated rings. The third-order valence-electron chi connectivity index (χ3n) is 3.33. The van der Waals surface area contributed by atoms with Crippen molar-refractivity contribution in [1.82, 2.24) is 10.6 Å². The van der Waals surface area contributed by atoms with Gasteiger partial charge in [-0.3, -0.25) is 0 Å². The number of carbonyl (C=O) groups excluding carboxylic acids is 1. The minimum atomic E-state index is -4.73. The number of hydrogen-bond donors (Lipinski definition) is 2. The predicted molar refractivity (Wildman–Crippen MR) is 91.9 cm³/mol. The van der Waals surface area contributed by atoms with Gasteiger partial charge < -0.3 is 24.8 Å². The Balaban J connectivity index is 1.64. The first-order chi connectivity index (χ1) is 12.9. The van der Waals surface area contributed by atoms with Gasteiger partial charge in [0.25, 0.3) is 0 Å². The van der Waals surface area contributed by atoms with Crippen LogP contribution in [0.5, 0.6) is 17.2 Å². The summed E-state index contributed by atoms with van der Waals surface area (Å²) in [6.45, 7) is 0.733. The summed E-state index contributed by atoms with van der Waals surface area (Å²) in [5, 5.41) is 5.21. The van der Waals surface area contributed by atoms with Crippen LogP contribution in [0.3, 0.4) is 0 Å². The van der Waals surface area contributed by atoms with Crippen LogP contribution in [-0.2, 0) is 6.54 Å². The topological polar surface area (TPSA) is 68.8 Å². The van der Waals surface area contributed by atoms with E-state index in [0.717, 1.165) is 5.75 Å². The van der Waals surface area contributed by atoms with Crippen LogP contribution in [0.4, 0.5) is 18.0 Å². The molecule has 0 aliphatic rings. The second-order valence-electron chi connectivity index (χ2n) is 5.33. The second-order valence-corrected chi connectivity index (χ2v) is 5.33. The quantitative estimate of drug-likeness (QED) is 0.684. The summed E-state index contributed by atoms with van der Waals surface area (Å²) in [6.07, 6.45) is -4.73. The SMILES string of the molecule is COc1ccc(OCCNC(=O)NCc2ccc(OC(F)(F)F)cc2)cc1. The Morgan fingerprint density at radius 2 is 1.52 bits per heavy atom. The van der Waals surface area contributed by atoms with Crippen LogP contribution in [0.25, 0.3) is 0 Å². The third kappa shape index (κ3) is 7.76. The van der Waals surface area contributed by atoms with E-state index in [-0.39, 0.29) is 25.4 Å². The van der Waals surface area contributed by atoms with E-state index in [1.165, 1.54) is 24.3 Å². The molecular formula is C18H19F3N2O4. The fourth-order valence-electron chi connectivity index (χ4n) is 2.06. The Labute approximate surface area is 154 Å². The first-order valence-electron chi connectivity index (χ1n) is 7.99. The molecule has 0 bridgehead atoms. The summed E-state index contributed by atoms with van der Waals surface area (Å²) in [4.78, 5) is 11.7. The number of nitrogens with one attached hydrogen (secondary N) is 2. The molecule has 0 heterocycles. The molecule has 0 saturated heterocycles. The van der Waals surface area contributed by atoms with Crippen molar-refractivity contribution in [3.8, 4) is 17.2 Å². The van der Waals surface area contributed by atoms with E-state index >= 15 is 0 Å². The van der Waals surface area contributed by atoms with Gasteiger partial charge in [0, 0.05) is 6.54 Å². The van der Waals surface area contributed by atoms with Crippen molar-refractivity contribution < 1.29 is 32.2 Å². The number of halogens is 3. The smallest absolute Gasteiger partial charge is 0.497 e.